The van der Waals surface area contributed by atoms with Crippen LogP contribution in [0.2, 0.25) is 5.02 Å². The van der Waals surface area contributed by atoms with E-state index in [4.69, 9.17) is 27.9 Å². The summed E-state index contributed by atoms with van der Waals surface area (Å²) in [6, 6.07) is 5.85. The van der Waals surface area contributed by atoms with Gasteiger partial charge in [0.2, 0.25) is 0 Å². The highest BCUT2D eigenvalue weighted by Gasteiger charge is 2.36. The van der Waals surface area contributed by atoms with Crippen LogP contribution >= 0.6 is 23.2 Å². The van der Waals surface area contributed by atoms with Gasteiger partial charge in [0.15, 0.2) is 0 Å². The Kier molecular flexibility index (Phi) is 3.24. The van der Waals surface area contributed by atoms with Crippen molar-refractivity contribution >= 4 is 34.2 Å². The molecule has 102 valence electrons. The third-order valence-corrected chi connectivity index (χ3v) is 4.26. The Hall–Kier alpha value is -0.770. The van der Waals surface area contributed by atoms with Crippen LogP contribution in [0.1, 0.15) is 31.5 Å². The molecule has 2 heterocycles. The summed E-state index contributed by atoms with van der Waals surface area (Å²) in [4.78, 5) is 4.65. The standard InChI is InChI=1S/C14H16Cl2N2O/c1-9(15)13-17-12-10(16)4-3-5-11(12)18(13)14(2)6-7-19-8-14/h3-5,9H,6-8H2,1-2H3. The number of alkyl halides is 1. The number of aromatic nitrogens is 2. The number of hydrogen-bond donors (Lipinski definition) is 0. The molecule has 1 saturated heterocycles. The summed E-state index contributed by atoms with van der Waals surface area (Å²) in [5.74, 6) is 0.859. The second-order valence-electron chi connectivity index (χ2n) is 5.33. The van der Waals surface area contributed by atoms with Crippen molar-refractivity contribution in [1.29, 1.82) is 0 Å². The Bertz CT molecular complexity index is 615. The molecule has 0 N–H and O–H groups in total. The van der Waals surface area contributed by atoms with Gasteiger partial charge in [-0.05, 0) is 32.4 Å². The Morgan fingerprint density at radius 1 is 1.47 bits per heavy atom. The fourth-order valence-electron chi connectivity index (χ4n) is 2.75. The molecule has 0 saturated carbocycles. The molecule has 1 aliphatic heterocycles. The van der Waals surface area contributed by atoms with Crippen molar-refractivity contribution < 1.29 is 4.74 Å². The van der Waals surface area contributed by atoms with Crippen molar-refractivity contribution in [2.75, 3.05) is 13.2 Å². The molecule has 0 bridgehead atoms. The van der Waals surface area contributed by atoms with Gasteiger partial charge in [0.1, 0.15) is 11.3 Å². The van der Waals surface area contributed by atoms with Gasteiger partial charge in [-0.15, -0.1) is 11.6 Å². The summed E-state index contributed by atoms with van der Waals surface area (Å²) in [5.41, 5.74) is 1.75. The van der Waals surface area contributed by atoms with Crippen LogP contribution in [-0.4, -0.2) is 22.8 Å². The largest absolute Gasteiger partial charge is 0.379 e. The Balaban J connectivity index is 2.31. The van der Waals surface area contributed by atoms with Gasteiger partial charge >= 0.3 is 0 Å². The fourth-order valence-corrected chi connectivity index (χ4v) is 3.11. The van der Waals surface area contributed by atoms with E-state index in [-0.39, 0.29) is 10.9 Å². The highest BCUT2D eigenvalue weighted by atomic mass is 35.5. The van der Waals surface area contributed by atoms with E-state index in [2.05, 4.69) is 16.5 Å². The number of halogens is 2. The molecule has 0 aliphatic carbocycles. The predicted octanol–water partition coefficient (Wildman–Crippen LogP) is 4.13. The van der Waals surface area contributed by atoms with Crippen molar-refractivity contribution in [2.45, 2.75) is 31.2 Å². The second kappa shape index (κ2) is 4.65. The molecule has 5 heteroatoms. The first-order valence-electron chi connectivity index (χ1n) is 6.42. The first kappa shape index (κ1) is 13.2. The summed E-state index contributed by atoms with van der Waals surface area (Å²) in [6.45, 7) is 5.57. The van der Waals surface area contributed by atoms with E-state index in [9.17, 15) is 0 Å². The highest BCUT2D eigenvalue weighted by molar-refractivity contribution is 6.35. The SMILES string of the molecule is CC(Cl)c1nc2c(Cl)cccc2n1C1(C)CCOC1. The first-order chi connectivity index (χ1) is 9.03. The van der Waals surface area contributed by atoms with Gasteiger partial charge in [0.05, 0.1) is 28.1 Å². The Morgan fingerprint density at radius 2 is 2.26 bits per heavy atom. The van der Waals surface area contributed by atoms with Crippen LogP contribution in [0, 0.1) is 0 Å². The van der Waals surface area contributed by atoms with E-state index >= 15 is 0 Å². The number of fused-ring (bicyclic) bond motifs is 1. The summed E-state index contributed by atoms with van der Waals surface area (Å²) in [5, 5.41) is 0.498. The van der Waals surface area contributed by atoms with Gasteiger partial charge in [0.25, 0.3) is 0 Å². The first-order valence-corrected chi connectivity index (χ1v) is 7.23. The van der Waals surface area contributed by atoms with Crippen LogP contribution in [-0.2, 0) is 10.3 Å². The number of hydrogen-bond acceptors (Lipinski definition) is 2. The average Bonchev–Trinajstić information content (AvgIpc) is 2.94. The van der Waals surface area contributed by atoms with Gasteiger partial charge < -0.3 is 9.30 Å². The summed E-state index contributed by atoms with van der Waals surface area (Å²) in [6.07, 6.45) is 0.960. The topological polar surface area (TPSA) is 27.1 Å². The number of para-hydroxylation sites is 1. The van der Waals surface area contributed by atoms with E-state index in [1.54, 1.807) is 0 Å². The van der Waals surface area contributed by atoms with E-state index < -0.39 is 0 Å². The number of rotatable bonds is 2. The van der Waals surface area contributed by atoms with Crippen LogP contribution in [0.25, 0.3) is 11.0 Å². The van der Waals surface area contributed by atoms with Crippen LogP contribution in [0.4, 0.5) is 0 Å². The molecule has 1 aliphatic rings. The molecule has 0 spiro atoms. The number of benzene rings is 1. The minimum absolute atomic E-state index is 0.0993. The number of nitrogens with zero attached hydrogens (tertiary/aromatic N) is 2. The molecule has 2 atom stereocenters. The lowest BCUT2D eigenvalue weighted by atomic mass is 10.0. The lowest BCUT2D eigenvalue weighted by Crippen LogP contribution is -2.32. The molecule has 1 aromatic carbocycles. The van der Waals surface area contributed by atoms with Crippen molar-refractivity contribution in [3.8, 4) is 0 Å². The molecule has 2 aromatic rings. The molecular weight excluding hydrogens is 283 g/mol. The fraction of sp³-hybridized carbons (Fsp3) is 0.500. The minimum Gasteiger partial charge on any atom is -0.379 e. The maximum atomic E-state index is 6.31. The zero-order chi connectivity index (χ0) is 13.6. The van der Waals surface area contributed by atoms with Crippen molar-refractivity contribution in [3.63, 3.8) is 0 Å². The summed E-state index contributed by atoms with van der Waals surface area (Å²) < 4.78 is 7.78. The average molecular weight is 299 g/mol. The third-order valence-electron chi connectivity index (χ3n) is 3.76. The molecule has 1 fully saturated rings. The molecule has 19 heavy (non-hydrogen) atoms. The zero-order valence-corrected chi connectivity index (χ0v) is 12.5. The summed E-state index contributed by atoms with van der Waals surface area (Å²) >= 11 is 12.6. The van der Waals surface area contributed by atoms with Crippen LogP contribution in [0.15, 0.2) is 18.2 Å². The molecule has 1 aromatic heterocycles. The quantitative estimate of drug-likeness (QED) is 0.780. The lowest BCUT2D eigenvalue weighted by molar-refractivity contribution is 0.162. The van der Waals surface area contributed by atoms with Gasteiger partial charge in [-0.2, -0.15) is 0 Å². The monoisotopic (exact) mass is 298 g/mol. The van der Waals surface area contributed by atoms with Crippen molar-refractivity contribution in [3.05, 3.63) is 29.0 Å². The van der Waals surface area contributed by atoms with E-state index in [1.807, 2.05) is 25.1 Å². The molecule has 0 amide bonds. The van der Waals surface area contributed by atoms with Gasteiger partial charge in [-0.25, -0.2) is 4.98 Å². The maximum absolute atomic E-state index is 6.31. The summed E-state index contributed by atoms with van der Waals surface area (Å²) in [7, 11) is 0. The van der Waals surface area contributed by atoms with Gasteiger partial charge in [0, 0.05) is 6.61 Å². The maximum Gasteiger partial charge on any atom is 0.128 e. The lowest BCUT2D eigenvalue weighted by Gasteiger charge is -2.27. The van der Waals surface area contributed by atoms with E-state index in [0.29, 0.717) is 11.6 Å². The molecule has 3 rings (SSSR count). The molecular formula is C14H16Cl2N2O. The zero-order valence-electron chi connectivity index (χ0n) is 11.0. The minimum atomic E-state index is -0.166. The van der Waals surface area contributed by atoms with Crippen LogP contribution in [0.3, 0.4) is 0 Å². The van der Waals surface area contributed by atoms with Crippen LogP contribution < -0.4 is 0 Å². The smallest absolute Gasteiger partial charge is 0.128 e. The third kappa shape index (κ3) is 2.04. The predicted molar refractivity (Wildman–Crippen MR) is 78.1 cm³/mol. The second-order valence-corrected chi connectivity index (χ2v) is 6.39. The Morgan fingerprint density at radius 3 is 2.89 bits per heavy atom. The number of ether oxygens (including phenoxy) is 1. The molecule has 2 unspecified atom stereocenters. The molecule has 3 nitrogen and oxygen atoms in total. The number of imidazole rings is 1. The highest BCUT2D eigenvalue weighted by Crippen LogP contribution is 2.37. The van der Waals surface area contributed by atoms with Crippen molar-refractivity contribution in [2.24, 2.45) is 0 Å². The molecule has 0 radical (unpaired) electrons. The Labute approximate surface area is 122 Å². The van der Waals surface area contributed by atoms with Crippen LogP contribution in [0.5, 0.6) is 0 Å². The van der Waals surface area contributed by atoms with Gasteiger partial charge in [-0.3, -0.25) is 0 Å². The van der Waals surface area contributed by atoms with E-state index in [0.717, 1.165) is 29.9 Å². The van der Waals surface area contributed by atoms with Gasteiger partial charge in [-0.1, -0.05) is 17.7 Å². The van der Waals surface area contributed by atoms with Crippen molar-refractivity contribution in [1.82, 2.24) is 9.55 Å². The van der Waals surface area contributed by atoms with E-state index in [1.165, 1.54) is 0 Å². The normalized spacial score (nSPS) is 25.1.